The van der Waals surface area contributed by atoms with Gasteiger partial charge >= 0.3 is 6.09 Å². The van der Waals surface area contributed by atoms with Crippen LogP contribution in [0.15, 0.2) is 12.7 Å². The standard InChI is InChI=1S/C8H13NO3/c1-2-3-9-4-7(5-10)6-12-8(9)11/h2,7,10H,1,3-6H2. The summed E-state index contributed by atoms with van der Waals surface area (Å²) in [5.41, 5.74) is 0. The maximum Gasteiger partial charge on any atom is 0.410 e. The minimum absolute atomic E-state index is 0.0441. The zero-order valence-corrected chi connectivity index (χ0v) is 6.90. The molecule has 1 aliphatic rings. The van der Waals surface area contributed by atoms with Crippen LogP contribution in [0, 0.1) is 5.92 Å². The highest BCUT2D eigenvalue weighted by Crippen LogP contribution is 2.09. The summed E-state index contributed by atoms with van der Waals surface area (Å²) in [6, 6.07) is 0. The summed E-state index contributed by atoms with van der Waals surface area (Å²) < 4.78 is 4.83. The molecule has 0 saturated carbocycles. The smallest absolute Gasteiger partial charge is 0.410 e. The molecule has 0 spiro atoms. The maximum atomic E-state index is 11.0. The van der Waals surface area contributed by atoms with Crippen LogP contribution < -0.4 is 0 Å². The molecule has 0 aromatic carbocycles. The van der Waals surface area contributed by atoms with E-state index in [0.29, 0.717) is 19.7 Å². The summed E-state index contributed by atoms with van der Waals surface area (Å²) in [7, 11) is 0. The van der Waals surface area contributed by atoms with E-state index in [2.05, 4.69) is 6.58 Å². The number of carbonyl (C=O) groups is 1. The molecule has 1 heterocycles. The van der Waals surface area contributed by atoms with Gasteiger partial charge in [0.2, 0.25) is 0 Å². The molecule has 1 amide bonds. The van der Waals surface area contributed by atoms with Gasteiger partial charge in [0.05, 0.1) is 13.2 Å². The molecule has 1 N–H and O–H groups in total. The van der Waals surface area contributed by atoms with Crippen LogP contribution in [0.1, 0.15) is 0 Å². The normalized spacial score (nSPS) is 23.6. The molecular weight excluding hydrogens is 158 g/mol. The quantitative estimate of drug-likeness (QED) is 0.618. The number of nitrogens with zero attached hydrogens (tertiary/aromatic N) is 1. The number of hydrogen-bond donors (Lipinski definition) is 1. The number of carbonyl (C=O) groups excluding carboxylic acids is 1. The number of aliphatic hydroxyl groups excluding tert-OH is 1. The molecule has 1 fully saturated rings. The predicted molar refractivity (Wildman–Crippen MR) is 43.7 cm³/mol. The molecule has 12 heavy (non-hydrogen) atoms. The fraction of sp³-hybridized carbons (Fsp3) is 0.625. The van der Waals surface area contributed by atoms with Gasteiger partial charge in [-0.25, -0.2) is 4.79 Å². The Morgan fingerprint density at radius 3 is 3.17 bits per heavy atom. The lowest BCUT2D eigenvalue weighted by molar-refractivity contribution is 0.0288. The van der Waals surface area contributed by atoms with E-state index in [1.54, 1.807) is 6.08 Å². The largest absolute Gasteiger partial charge is 0.449 e. The van der Waals surface area contributed by atoms with E-state index in [4.69, 9.17) is 9.84 Å². The van der Waals surface area contributed by atoms with E-state index >= 15 is 0 Å². The Hall–Kier alpha value is -1.03. The number of cyclic esters (lactones) is 1. The van der Waals surface area contributed by atoms with Gasteiger partial charge in [-0.1, -0.05) is 6.08 Å². The average Bonchev–Trinajstić information content (AvgIpc) is 2.09. The Morgan fingerprint density at radius 2 is 2.58 bits per heavy atom. The second kappa shape index (κ2) is 4.11. The minimum Gasteiger partial charge on any atom is -0.449 e. The number of amides is 1. The van der Waals surface area contributed by atoms with Crippen molar-refractivity contribution in [2.24, 2.45) is 5.92 Å². The van der Waals surface area contributed by atoms with E-state index in [9.17, 15) is 4.79 Å². The first-order valence-electron chi connectivity index (χ1n) is 3.91. The lowest BCUT2D eigenvalue weighted by Crippen LogP contribution is -2.44. The molecule has 1 aliphatic heterocycles. The van der Waals surface area contributed by atoms with Gasteiger partial charge in [-0.2, -0.15) is 0 Å². The van der Waals surface area contributed by atoms with Gasteiger partial charge in [-0.3, -0.25) is 0 Å². The summed E-state index contributed by atoms with van der Waals surface area (Å²) in [5, 5.41) is 8.82. The van der Waals surface area contributed by atoms with Gasteiger partial charge in [-0.15, -0.1) is 6.58 Å². The van der Waals surface area contributed by atoms with E-state index in [1.165, 1.54) is 4.90 Å². The molecule has 0 radical (unpaired) electrons. The van der Waals surface area contributed by atoms with Crippen molar-refractivity contribution < 1.29 is 14.6 Å². The third kappa shape index (κ3) is 1.98. The lowest BCUT2D eigenvalue weighted by atomic mass is 10.1. The molecule has 1 rings (SSSR count). The van der Waals surface area contributed by atoms with Gasteiger partial charge in [-0.05, 0) is 0 Å². The second-order valence-corrected chi connectivity index (χ2v) is 2.82. The fourth-order valence-corrected chi connectivity index (χ4v) is 1.13. The van der Waals surface area contributed by atoms with Crippen LogP contribution in [0.5, 0.6) is 0 Å². The average molecular weight is 171 g/mol. The molecule has 0 aliphatic carbocycles. The summed E-state index contributed by atoms with van der Waals surface area (Å²) >= 11 is 0. The van der Waals surface area contributed by atoms with Crippen LogP contribution in [0.4, 0.5) is 4.79 Å². The van der Waals surface area contributed by atoms with Crippen LogP contribution in [0.2, 0.25) is 0 Å². The van der Waals surface area contributed by atoms with Crippen molar-refractivity contribution in [1.82, 2.24) is 4.90 Å². The summed E-state index contributed by atoms with van der Waals surface area (Å²) in [4.78, 5) is 12.5. The van der Waals surface area contributed by atoms with Crippen molar-refractivity contribution in [3.05, 3.63) is 12.7 Å². The molecule has 4 nitrogen and oxygen atoms in total. The topological polar surface area (TPSA) is 49.8 Å². The molecular formula is C8H13NO3. The number of ether oxygens (including phenoxy) is 1. The predicted octanol–water partition coefficient (Wildman–Crippen LogP) is 0.233. The molecule has 1 unspecified atom stereocenters. The highest BCUT2D eigenvalue weighted by atomic mass is 16.6. The maximum absolute atomic E-state index is 11.0. The highest BCUT2D eigenvalue weighted by Gasteiger charge is 2.25. The van der Waals surface area contributed by atoms with Gasteiger partial charge < -0.3 is 14.7 Å². The molecule has 0 aromatic heterocycles. The zero-order valence-electron chi connectivity index (χ0n) is 6.90. The molecule has 0 aromatic rings. The SMILES string of the molecule is C=CCN1CC(CO)COC1=O. The van der Waals surface area contributed by atoms with Gasteiger partial charge in [0.25, 0.3) is 0 Å². The summed E-state index contributed by atoms with van der Waals surface area (Å²) in [6.45, 7) is 4.95. The molecule has 0 bridgehead atoms. The van der Waals surface area contributed by atoms with Gasteiger partial charge in [0.15, 0.2) is 0 Å². The first kappa shape index (κ1) is 9.06. The minimum atomic E-state index is -0.320. The van der Waals surface area contributed by atoms with E-state index in [1.807, 2.05) is 0 Å². The molecule has 68 valence electrons. The van der Waals surface area contributed by atoms with Crippen molar-refractivity contribution >= 4 is 6.09 Å². The van der Waals surface area contributed by atoms with Crippen molar-refractivity contribution in [2.75, 3.05) is 26.3 Å². The summed E-state index contributed by atoms with van der Waals surface area (Å²) in [5.74, 6) is 0.0441. The Kier molecular flexibility index (Phi) is 3.10. The van der Waals surface area contributed by atoms with Crippen LogP contribution in [0.3, 0.4) is 0 Å². The summed E-state index contributed by atoms with van der Waals surface area (Å²) in [6.07, 6.45) is 1.32. The second-order valence-electron chi connectivity index (χ2n) is 2.82. The monoisotopic (exact) mass is 171 g/mol. The van der Waals surface area contributed by atoms with Crippen molar-refractivity contribution in [2.45, 2.75) is 0 Å². The van der Waals surface area contributed by atoms with Crippen molar-refractivity contribution in [3.63, 3.8) is 0 Å². The zero-order chi connectivity index (χ0) is 8.97. The number of rotatable bonds is 3. The van der Waals surface area contributed by atoms with E-state index in [0.717, 1.165) is 0 Å². The molecule has 4 heteroatoms. The van der Waals surface area contributed by atoms with E-state index < -0.39 is 0 Å². The Balaban J connectivity index is 2.46. The van der Waals surface area contributed by atoms with Gasteiger partial charge in [0.1, 0.15) is 0 Å². The van der Waals surface area contributed by atoms with Crippen LogP contribution in [-0.2, 0) is 4.74 Å². The number of hydrogen-bond acceptors (Lipinski definition) is 3. The third-order valence-electron chi connectivity index (χ3n) is 1.79. The van der Waals surface area contributed by atoms with Crippen LogP contribution in [-0.4, -0.2) is 42.4 Å². The third-order valence-corrected chi connectivity index (χ3v) is 1.79. The van der Waals surface area contributed by atoms with Crippen LogP contribution >= 0.6 is 0 Å². The first-order chi connectivity index (χ1) is 5.77. The molecule has 1 saturated heterocycles. The lowest BCUT2D eigenvalue weighted by Gasteiger charge is -2.30. The van der Waals surface area contributed by atoms with Gasteiger partial charge in [0, 0.05) is 19.0 Å². The highest BCUT2D eigenvalue weighted by molar-refractivity contribution is 5.68. The Morgan fingerprint density at radius 1 is 1.83 bits per heavy atom. The number of aliphatic hydroxyl groups is 1. The Bertz CT molecular complexity index is 181. The van der Waals surface area contributed by atoms with Crippen molar-refractivity contribution in [3.8, 4) is 0 Å². The first-order valence-corrected chi connectivity index (χ1v) is 3.91. The Labute approximate surface area is 71.4 Å². The van der Waals surface area contributed by atoms with Crippen LogP contribution in [0.25, 0.3) is 0 Å². The molecule has 1 atom stereocenters. The van der Waals surface area contributed by atoms with E-state index in [-0.39, 0.29) is 18.6 Å². The van der Waals surface area contributed by atoms with Crippen molar-refractivity contribution in [1.29, 1.82) is 0 Å². The fourth-order valence-electron chi connectivity index (χ4n) is 1.13.